The van der Waals surface area contributed by atoms with Crippen LogP contribution in [0.25, 0.3) is 6.08 Å². The maximum absolute atomic E-state index is 12.2. The fraction of sp³-hybridized carbons (Fsp3) is 0.190. The van der Waals surface area contributed by atoms with Crippen LogP contribution in [0.1, 0.15) is 5.56 Å². The zero-order chi connectivity index (χ0) is 22.5. The molecule has 0 N–H and O–H groups in total. The van der Waals surface area contributed by atoms with Crippen molar-refractivity contribution in [2.45, 2.75) is 0 Å². The van der Waals surface area contributed by atoms with Gasteiger partial charge in [-0.05, 0) is 35.9 Å². The number of nitro groups is 1. The molecule has 1 fully saturated rings. The Morgan fingerprint density at radius 2 is 1.29 bits per heavy atom. The first-order valence-electron chi connectivity index (χ1n) is 9.20. The van der Waals surface area contributed by atoms with Crippen molar-refractivity contribution >= 4 is 29.6 Å². The van der Waals surface area contributed by atoms with Crippen LogP contribution in [-0.4, -0.2) is 59.9 Å². The molecule has 0 unspecified atom stereocenters. The van der Waals surface area contributed by atoms with E-state index in [4.69, 9.17) is 9.47 Å². The van der Waals surface area contributed by atoms with E-state index in [1.165, 1.54) is 44.4 Å². The molecule has 0 atom stereocenters. The van der Waals surface area contributed by atoms with E-state index >= 15 is 0 Å². The number of barbiturate groups is 1. The van der Waals surface area contributed by atoms with E-state index in [0.29, 0.717) is 17.1 Å². The summed E-state index contributed by atoms with van der Waals surface area (Å²) in [4.78, 5) is 48.1. The summed E-state index contributed by atoms with van der Waals surface area (Å²) in [6, 6.07) is 11.8. The van der Waals surface area contributed by atoms with Crippen molar-refractivity contribution in [2.24, 2.45) is 0 Å². The normalized spacial score (nSPS) is 14.0. The van der Waals surface area contributed by atoms with E-state index in [1.807, 2.05) is 0 Å². The third-order valence-electron chi connectivity index (χ3n) is 4.50. The quantitative estimate of drug-likeness (QED) is 0.220. The van der Waals surface area contributed by atoms with Crippen LogP contribution in [0.2, 0.25) is 0 Å². The number of benzene rings is 2. The van der Waals surface area contributed by atoms with E-state index in [9.17, 15) is 24.5 Å². The highest BCUT2D eigenvalue weighted by Gasteiger charge is 2.37. The molecule has 1 heterocycles. The molecule has 31 heavy (non-hydrogen) atoms. The van der Waals surface area contributed by atoms with E-state index in [0.717, 1.165) is 9.80 Å². The number of carbonyl (C=O) groups is 3. The molecule has 2 aromatic rings. The minimum atomic E-state index is -0.674. The first-order valence-corrected chi connectivity index (χ1v) is 9.20. The molecule has 0 aromatic heterocycles. The second-order valence-corrected chi connectivity index (χ2v) is 6.59. The largest absolute Gasteiger partial charge is 0.490 e. The summed E-state index contributed by atoms with van der Waals surface area (Å²) in [6.45, 7) is 0.478. The summed E-state index contributed by atoms with van der Waals surface area (Å²) >= 11 is 0. The topological polar surface area (TPSA) is 119 Å². The Kier molecular flexibility index (Phi) is 6.29. The molecular weight excluding hydrogens is 406 g/mol. The van der Waals surface area contributed by atoms with Gasteiger partial charge in [-0.3, -0.25) is 29.5 Å². The van der Waals surface area contributed by atoms with E-state index in [1.54, 1.807) is 24.3 Å². The van der Waals surface area contributed by atoms with Crippen molar-refractivity contribution in [2.75, 3.05) is 27.3 Å². The number of urea groups is 1. The van der Waals surface area contributed by atoms with Crippen LogP contribution in [-0.2, 0) is 9.59 Å². The number of non-ortho nitro benzene ring substituents is 1. The number of carbonyl (C=O) groups excluding carboxylic acids is 3. The Bertz CT molecular complexity index is 1020. The minimum Gasteiger partial charge on any atom is -0.490 e. The molecule has 4 amide bonds. The number of imide groups is 2. The van der Waals surface area contributed by atoms with E-state index in [-0.39, 0.29) is 24.5 Å². The van der Waals surface area contributed by atoms with Crippen molar-refractivity contribution in [1.29, 1.82) is 0 Å². The van der Waals surface area contributed by atoms with Gasteiger partial charge < -0.3 is 9.47 Å². The van der Waals surface area contributed by atoms with E-state index in [2.05, 4.69) is 0 Å². The summed E-state index contributed by atoms with van der Waals surface area (Å²) in [5.41, 5.74) is 0.484. The Balaban J connectivity index is 1.55. The van der Waals surface area contributed by atoms with Gasteiger partial charge in [0.25, 0.3) is 17.5 Å². The maximum atomic E-state index is 12.2. The molecule has 0 radical (unpaired) electrons. The number of likely N-dealkylation sites (N-methyl/N-ethyl adjacent to an activating group) is 2. The summed E-state index contributed by atoms with van der Waals surface area (Å²) in [7, 11) is 2.63. The summed E-state index contributed by atoms with van der Waals surface area (Å²) in [6.07, 6.45) is 1.42. The van der Waals surface area contributed by atoms with Gasteiger partial charge in [-0.15, -0.1) is 0 Å². The second kappa shape index (κ2) is 9.08. The lowest BCUT2D eigenvalue weighted by Crippen LogP contribution is -2.52. The molecule has 2 aromatic carbocycles. The lowest BCUT2D eigenvalue weighted by atomic mass is 10.1. The number of hydrogen-bond acceptors (Lipinski definition) is 7. The highest BCUT2D eigenvalue weighted by atomic mass is 16.6. The molecule has 1 aliphatic heterocycles. The molecule has 0 bridgehead atoms. The number of amides is 4. The van der Waals surface area contributed by atoms with Crippen LogP contribution in [0.15, 0.2) is 54.1 Å². The van der Waals surface area contributed by atoms with Gasteiger partial charge in [0.1, 0.15) is 30.3 Å². The average Bonchev–Trinajstić information content (AvgIpc) is 2.78. The number of ether oxygens (including phenoxy) is 2. The lowest BCUT2D eigenvalue weighted by molar-refractivity contribution is -0.384. The molecular formula is C21H19N3O7. The van der Waals surface area contributed by atoms with Crippen LogP contribution in [0.5, 0.6) is 11.5 Å². The molecule has 10 heteroatoms. The van der Waals surface area contributed by atoms with Gasteiger partial charge >= 0.3 is 6.03 Å². The Morgan fingerprint density at radius 3 is 1.74 bits per heavy atom. The molecule has 1 aliphatic rings. The van der Waals surface area contributed by atoms with Gasteiger partial charge in [0, 0.05) is 26.2 Å². The van der Waals surface area contributed by atoms with Crippen LogP contribution in [0, 0.1) is 10.1 Å². The predicted molar refractivity (Wildman–Crippen MR) is 109 cm³/mol. The molecule has 0 aliphatic carbocycles. The molecule has 160 valence electrons. The maximum Gasteiger partial charge on any atom is 0.333 e. The first-order chi connectivity index (χ1) is 14.8. The molecule has 0 spiro atoms. The molecule has 0 saturated carbocycles. The molecule has 1 saturated heterocycles. The lowest BCUT2D eigenvalue weighted by Gasteiger charge is -2.28. The van der Waals surface area contributed by atoms with Crippen molar-refractivity contribution in [3.8, 4) is 11.5 Å². The fourth-order valence-electron chi connectivity index (χ4n) is 2.79. The van der Waals surface area contributed by atoms with Gasteiger partial charge in [-0.25, -0.2) is 4.79 Å². The standard InChI is InChI=1S/C21H19N3O7/c1-22-19(25)18(20(26)23(2)21(22)27)13-14-3-7-16(8-4-14)30-11-12-31-17-9-5-15(6-10-17)24(28)29/h3-10,13H,11-12H2,1-2H3. The number of nitro benzene ring substituents is 1. The van der Waals surface area contributed by atoms with Crippen LogP contribution in [0.3, 0.4) is 0 Å². The molecule has 3 rings (SSSR count). The van der Waals surface area contributed by atoms with Gasteiger partial charge in [0.2, 0.25) is 0 Å². The van der Waals surface area contributed by atoms with Gasteiger partial charge in [0.05, 0.1) is 4.92 Å². The average molecular weight is 425 g/mol. The Hall–Kier alpha value is -4.21. The zero-order valence-electron chi connectivity index (χ0n) is 16.8. The van der Waals surface area contributed by atoms with Crippen LogP contribution >= 0.6 is 0 Å². The predicted octanol–water partition coefficient (Wildman–Crippen LogP) is 2.49. The van der Waals surface area contributed by atoms with Gasteiger partial charge in [-0.2, -0.15) is 0 Å². The third-order valence-corrected chi connectivity index (χ3v) is 4.50. The van der Waals surface area contributed by atoms with Crippen LogP contribution < -0.4 is 9.47 Å². The van der Waals surface area contributed by atoms with Crippen molar-refractivity contribution in [3.05, 3.63) is 69.8 Å². The smallest absolute Gasteiger partial charge is 0.333 e. The number of nitrogens with zero attached hydrogens (tertiary/aromatic N) is 3. The van der Waals surface area contributed by atoms with Crippen LogP contribution in [0.4, 0.5) is 10.5 Å². The summed E-state index contributed by atoms with van der Waals surface area (Å²) < 4.78 is 11.0. The highest BCUT2D eigenvalue weighted by Crippen LogP contribution is 2.20. The Labute approximate surface area is 177 Å². The van der Waals surface area contributed by atoms with Crippen molar-refractivity contribution in [3.63, 3.8) is 0 Å². The Morgan fingerprint density at radius 1 is 0.839 bits per heavy atom. The zero-order valence-corrected chi connectivity index (χ0v) is 16.8. The summed E-state index contributed by atoms with van der Waals surface area (Å²) in [5, 5.41) is 10.6. The summed E-state index contributed by atoms with van der Waals surface area (Å²) in [5.74, 6) is -0.264. The first kappa shape index (κ1) is 21.5. The molecule has 10 nitrogen and oxygen atoms in total. The highest BCUT2D eigenvalue weighted by molar-refractivity contribution is 6.30. The van der Waals surface area contributed by atoms with E-state index < -0.39 is 22.8 Å². The van der Waals surface area contributed by atoms with Crippen molar-refractivity contribution < 1.29 is 28.8 Å². The fourth-order valence-corrected chi connectivity index (χ4v) is 2.79. The second-order valence-electron chi connectivity index (χ2n) is 6.59. The monoisotopic (exact) mass is 425 g/mol. The van der Waals surface area contributed by atoms with Gasteiger partial charge in [0.15, 0.2) is 0 Å². The minimum absolute atomic E-state index is 0.0137. The number of hydrogen-bond donors (Lipinski definition) is 0. The number of rotatable bonds is 7. The van der Waals surface area contributed by atoms with Crippen molar-refractivity contribution in [1.82, 2.24) is 9.80 Å². The SMILES string of the molecule is CN1C(=O)C(=Cc2ccc(OCCOc3ccc([N+](=O)[O-])cc3)cc2)C(=O)N(C)C1=O. The third kappa shape index (κ3) is 4.86. The van der Waals surface area contributed by atoms with Gasteiger partial charge in [-0.1, -0.05) is 12.1 Å².